The SMILES string of the molecule is O=[N+]([O-])CS(=O)(=O)Cc1cccc(CS(=O)(=O)C[N+](=O)[O-])c1. The molecule has 0 heterocycles. The summed E-state index contributed by atoms with van der Waals surface area (Å²) in [6.45, 7) is 0. The average Bonchev–Trinajstić information content (AvgIpc) is 2.23. The summed E-state index contributed by atoms with van der Waals surface area (Å²) < 4.78 is 46.0. The number of sulfone groups is 2. The molecule has 0 saturated carbocycles. The summed E-state index contributed by atoms with van der Waals surface area (Å²) in [5.41, 5.74) is 0.353. The molecule has 0 bridgehead atoms. The molecule has 1 rings (SSSR count). The van der Waals surface area contributed by atoms with Gasteiger partial charge in [-0.3, -0.25) is 20.2 Å². The predicted molar refractivity (Wildman–Crippen MR) is 75.4 cm³/mol. The maximum Gasteiger partial charge on any atom is 0.301 e. The molecule has 0 atom stereocenters. The van der Waals surface area contributed by atoms with Crippen LogP contribution in [0.4, 0.5) is 0 Å². The minimum atomic E-state index is -3.97. The highest BCUT2D eigenvalue weighted by Gasteiger charge is 2.21. The fourth-order valence-corrected chi connectivity index (χ4v) is 3.93. The van der Waals surface area contributed by atoms with Crippen LogP contribution in [0.1, 0.15) is 11.1 Å². The van der Waals surface area contributed by atoms with E-state index in [9.17, 15) is 37.1 Å². The molecule has 0 aliphatic rings. The van der Waals surface area contributed by atoms with Crippen molar-refractivity contribution in [3.8, 4) is 0 Å². The lowest BCUT2D eigenvalue weighted by Gasteiger charge is -2.04. The van der Waals surface area contributed by atoms with Gasteiger partial charge in [-0.05, 0) is 11.1 Å². The van der Waals surface area contributed by atoms with Gasteiger partial charge in [0.15, 0.2) is 0 Å². The second-order valence-corrected chi connectivity index (χ2v) is 8.59. The molecule has 0 aromatic heterocycles. The molecule has 12 heteroatoms. The van der Waals surface area contributed by atoms with E-state index in [-0.39, 0.29) is 11.1 Å². The lowest BCUT2D eigenvalue weighted by atomic mass is 10.2. The van der Waals surface area contributed by atoms with Crippen LogP contribution in [-0.4, -0.2) is 38.4 Å². The normalized spacial score (nSPS) is 12.0. The molecule has 10 nitrogen and oxygen atoms in total. The van der Waals surface area contributed by atoms with Gasteiger partial charge in [0.1, 0.15) is 0 Å². The van der Waals surface area contributed by atoms with E-state index >= 15 is 0 Å². The van der Waals surface area contributed by atoms with Crippen molar-refractivity contribution < 1.29 is 26.7 Å². The summed E-state index contributed by atoms with van der Waals surface area (Å²) in [4.78, 5) is 18.5. The smallest absolute Gasteiger partial charge is 0.263 e. The van der Waals surface area contributed by atoms with E-state index < -0.39 is 52.8 Å². The highest BCUT2D eigenvalue weighted by molar-refractivity contribution is 7.90. The number of nitrogens with zero attached hydrogens (tertiary/aromatic N) is 2. The van der Waals surface area contributed by atoms with Gasteiger partial charge >= 0.3 is 11.8 Å². The molecule has 1 aromatic carbocycles. The van der Waals surface area contributed by atoms with Crippen molar-refractivity contribution in [2.75, 3.05) is 11.8 Å². The minimum Gasteiger partial charge on any atom is -0.263 e. The monoisotopic (exact) mass is 352 g/mol. The highest BCUT2D eigenvalue weighted by Crippen LogP contribution is 2.13. The quantitative estimate of drug-likeness (QED) is 0.467. The van der Waals surface area contributed by atoms with Crippen LogP contribution >= 0.6 is 0 Å². The second kappa shape index (κ2) is 6.79. The number of rotatable bonds is 8. The maximum atomic E-state index is 11.5. The van der Waals surface area contributed by atoms with Crippen LogP contribution in [0.5, 0.6) is 0 Å². The van der Waals surface area contributed by atoms with Crippen molar-refractivity contribution in [1.82, 2.24) is 0 Å². The third kappa shape index (κ3) is 6.58. The molecule has 0 spiro atoms. The standard InChI is InChI=1S/C10H12N2O8S2/c13-11(14)7-21(17,18)5-9-2-1-3-10(4-9)6-22(19,20)8-12(15)16/h1-4H,5-8H2. The molecule has 0 saturated heterocycles. The Kier molecular flexibility index (Phi) is 5.54. The van der Waals surface area contributed by atoms with Gasteiger partial charge in [-0.25, -0.2) is 16.8 Å². The summed E-state index contributed by atoms with van der Waals surface area (Å²) in [5.74, 6) is -3.68. The first-order chi connectivity index (χ1) is 9.99. The molecule has 0 amide bonds. The molecule has 0 aliphatic heterocycles. The van der Waals surface area contributed by atoms with Crippen LogP contribution in [0.15, 0.2) is 24.3 Å². The Bertz CT molecular complexity index is 722. The molecule has 22 heavy (non-hydrogen) atoms. The largest absolute Gasteiger partial charge is 0.301 e. The molecule has 1 aromatic rings. The van der Waals surface area contributed by atoms with Crippen molar-refractivity contribution in [1.29, 1.82) is 0 Å². The third-order valence-corrected chi connectivity index (χ3v) is 5.12. The van der Waals surface area contributed by atoms with E-state index in [0.29, 0.717) is 0 Å². The zero-order chi connectivity index (χ0) is 17.0. The van der Waals surface area contributed by atoms with Gasteiger partial charge in [-0.15, -0.1) is 0 Å². The Labute approximate surface area is 125 Å². The second-order valence-electron chi connectivity index (χ2n) is 4.52. The van der Waals surface area contributed by atoms with Gasteiger partial charge in [0, 0.05) is 9.85 Å². The Morgan fingerprint density at radius 2 is 1.18 bits per heavy atom. The van der Waals surface area contributed by atoms with Crippen molar-refractivity contribution in [3.63, 3.8) is 0 Å². The summed E-state index contributed by atoms with van der Waals surface area (Å²) in [6, 6.07) is 5.38. The molecule has 0 N–H and O–H groups in total. The van der Waals surface area contributed by atoms with Gasteiger partial charge in [-0.2, -0.15) is 0 Å². The zero-order valence-electron chi connectivity index (χ0n) is 11.1. The Morgan fingerprint density at radius 3 is 1.50 bits per heavy atom. The fraction of sp³-hybridized carbons (Fsp3) is 0.400. The molecule has 122 valence electrons. The topological polar surface area (TPSA) is 155 Å². The number of hydrogen-bond donors (Lipinski definition) is 0. The van der Waals surface area contributed by atoms with Crippen molar-refractivity contribution >= 4 is 19.7 Å². The summed E-state index contributed by atoms with van der Waals surface area (Å²) in [5, 5.41) is 20.5. The molecule has 0 radical (unpaired) electrons. The first kappa shape index (κ1) is 18.0. The summed E-state index contributed by atoms with van der Waals surface area (Å²) in [7, 11) is -7.94. The summed E-state index contributed by atoms with van der Waals surface area (Å²) in [6.07, 6.45) is 0. The lowest BCUT2D eigenvalue weighted by molar-refractivity contribution is -0.458. The minimum absolute atomic E-state index is 0.177. The average molecular weight is 352 g/mol. The molecule has 0 aliphatic carbocycles. The van der Waals surface area contributed by atoms with Crippen LogP contribution in [0.2, 0.25) is 0 Å². The van der Waals surface area contributed by atoms with Gasteiger partial charge in [0.25, 0.3) is 0 Å². The van der Waals surface area contributed by atoms with E-state index in [4.69, 9.17) is 0 Å². The van der Waals surface area contributed by atoms with Gasteiger partial charge < -0.3 is 0 Å². The van der Waals surface area contributed by atoms with Gasteiger partial charge in [0.05, 0.1) is 11.5 Å². The first-order valence-electron chi connectivity index (χ1n) is 5.71. The third-order valence-electron chi connectivity index (χ3n) is 2.37. The van der Waals surface area contributed by atoms with Crippen LogP contribution in [-0.2, 0) is 31.2 Å². The summed E-state index contributed by atoms with van der Waals surface area (Å²) >= 11 is 0. The molecule has 0 fully saturated rings. The van der Waals surface area contributed by atoms with Crippen molar-refractivity contribution in [2.45, 2.75) is 11.5 Å². The van der Waals surface area contributed by atoms with Crippen molar-refractivity contribution in [3.05, 3.63) is 55.6 Å². The van der Waals surface area contributed by atoms with E-state index in [1.165, 1.54) is 24.3 Å². The van der Waals surface area contributed by atoms with Crippen LogP contribution < -0.4 is 0 Å². The van der Waals surface area contributed by atoms with Crippen LogP contribution in [0.25, 0.3) is 0 Å². The van der Waals surface area contributed by atoms with E-state index in [2.05, 4.69) is 0 Å². The van der Waals surface area contributed by atoms with Crippen LogP contribution in [0, 0.1) is 20.2 Å². The Balaban J connectivity index is 2.91. The first-order valence-corrected chi connectivity index (χ1v) is 9.36. The Morgan fingerprint density at radius 1 is 0.818 bits per heavy atom. The van der Waals surface area contributed by atoms with E-state index in [0.717, 1.165) is 0 Å². The number of benzene rings is 1. The molecular weight excluding hydrogens is 340 g/mol. The maximum absolute atomic E-state index is 11.5. The highest BCUT2D eigenvalue weighted by atomic mass is 32.2. The predicted octanol–water partition coefficient (Wildman–Crippen LogP) is -0.0154. The fourth-order valence-electron chi connectivity index (χ4n) is 1.73. The Hall–Kier alpha value is -2.08. The number of hydrogen-bond acceptors (Lipinski definition) is 8. The van der Waals surface area contributed by atoms with Crippen molar-refractivity contribution in [2.24, 2.45) is 0 Å². The van der Waals surface area contributed by atoms with E-state index in [1.54, 1.807) is 0 Å². The number of nitro groups is 2. The lowest BCUT2D eigenvalue weighted by Crippen LogP contribution is -2.17. The molecule has 0 unspecified atom stereocenters. The van der Waals surface area contributed by atoms with Gasteiger partial charge in [-0.1, -0.05) is 24.3 Å². The van der Waals surface area contributed by atoms with Gasteiger partial charge in [0.2, 0.25) is 19.7 Å². The van der Waals surface area contributed by atoms with E-state index in [1.807, 2.05) is 0 Å². The zero-order valence-corrected chi connectivity index (χ0v) is 12.7. The molecular formula is C10H12N2O8S2. The van der Waals surface area contributed by atoms with Crippen LogP contribution in [0.3, 0.4) is 0 Å².